The van der Waals surface area contributed by atoms with Crippen molar-refractivity contribution < 1.29 is 14.3 Å². The highest BCUT2D eigenvalue weighted by Gasteiger charge is 2.27. The van der Waals surface area contributed by atoms with E-state index in [1.165, 1.54) is 11.9 Å². The van der Waals surface area contributed by atoms with Gasteiger partial charge in [0.25, 0.3) is 0 Å². The lowest BCUT2D eigenvalue weighted by Crippen LogP contribution is -2.37. The summed E-state index contributed by atoms with van der Waals surface area (Å²) in [6.07, 6.45) is 0.0725. The second kappa shape index (κ2) is 5.22. The average Bonchev–Trinajstić information content (AvgIpc) is 2.69. The minimum absolute atomic E-state index is 0.443. The number of rotatable bonds is 3. The van der Waals surface area contributed by atoms with E-state index >= 15 is 0 Å². The van der Waals surface area contributed by atoms with E-state index in [9.17, 15) is 9.59 Å². The van der Waals surface area contributed by atoms with Gasteiger partial charge in [-0.25, -0.2) is 4.79 Å². The van der Waals surface area contributed by atoms with Gasteiger partial charge in [0.1, 0.15) is 23.6 Å². The Labute approximate surface area is 104 Å². The summed E-state index contributed by atoms with van der Waals surface area (Å²) in [5.41, 5.74) is -0.155. The highest BCUT2D eigenvalue weighted by atomic mass is 32.1. The number of nitrogens with zero attached hydrogens (tertiary/aromatic N) is 3. The highest BCUT2D eigenvalue weighted by Crippen LogP contribution is 2.18. The molecule has 0 aliphatic heterocycles. The fourth-order valence-electron chi connectivity index (χ4n) is 1.11. The molecular formula is C10H15N3O3S. The summed E-state index contributed by atoms with van der Waals surface area (Å²) in [4.78, 5) is 24.0. The van der Waals surface area contributed by atoms with Crippen molar-refractivity contribution in [3.05, 3.63) is 11.1 Å². The van der Waals surface area contributed by atoms with Gasteiger partial charge in [0, 0.05) is 12.4 Å². The maximum atomic E-state index is 11.8. The number of amides is 1. The molecule has 1 atom stereocenters. The molecule has 0 spiro atoms. The van der Waals surface area contributed by atoms with Crippen LogP contribution in [-0.2, 0) is 9.53 Å². The van der Waals surface area contributed by atoms with Gasteiger partial charge in [-0.2, -0.15) is 0 Å². The summed E-state index contributed by atoms with van der Waals surface area (Å²) >= 11 is 1.13. The molecule has 0 radical (unpaired) electrons. The van der Waals surface area contributed by atoms with Crippen molar-refractivity contribution in [3.8, 4) is 0 Å². The van der Waals surface area contributed by atoms with Crippen molar-refractivity contribution in [2.45, 2.75) is 32.4 Å². The predicted molar refractivity (Wildman–Crippen MR) is 62.7 cm³/mol. The molecule has 1 rings (SSSR count). The number of carbonyl (C=O) groups excluding carboxylic acids is 2. The number of aldehydes is 1. The molecule has 0 saturated carbocycles. The number of hydrogen-bond donors (Lipinski definition) is 0. The van der Waals surface area contributed by atoms with E-state index in [1.54, 1.807) is 26.2 Å². The van der Waals surface area contributed by atoms with Crippen molar-refractivity contribution in [1.82, 2.24) is 14.5 Å². The quantitative estimate of drug-likeness (QED) is 0.770. The third kappa shape index (κ3) is 3.77. The molecule has 0 aliphatic rings. The monoisotopic (exact) mass is 257 g/mol. The van der Waals surface area contributed by atoms with Gasteiger partial charge < -0.3 is 9.53 Å². The highest BCUT2D eigenvalue weighted by molar-refractivity contribution is 7.03. The van der Waals surface area contributed by atoms with Gasteiger partial charge in [0.15, 0.2) is 0 Å². The maximum Gasteiger partial charge on any atom is 0.410 e. The van der Waals surface area contributed by atoms with E-state index in [4.69, 9.17) is 4.74 Å². The van der Waals surface area contributed by atoms with Gasteiger partial charge in [-0.1, -0.05) is 4.49 Å². The zero-order valence-corrected chi connectivity index (χ0v) is 11.0. The Hall–Kier alpha value is -1.50. The van der Waals surface area contributed by atoms with Crippen LogP contribution in [0.3, 0.4) is 0 Å². The molecule has 0 aliphatic carbocycles. The van der Waals surface area contributed by atoms with E-state index in [-0.39, 0.29) is 0 Å². The van der Waals surface area contributed by atoms with Crippen LogP contribution in [-0.4, -0.2) is 39.5 Å². The van der Waals surface area contributed by atoms with Crippen molar-refractivity contribution in [2.24, 2.45) is 0 Å². The van der Waals surface area contributed by atoms with Crippen LogP contribution in [0.15, 0.2) is 5.38 Å². The van der Waals surface area contributed by atoms with Crippen LogP contribution in [0.4, 0.5) is 4.79 Å². The Balaban J connectivity index is 2.77. The number of ether oxygens (including phenoxy) is 1. The second-order valence-electron chi connectivity index (χ2n) is 4.50. The number of carbonyl (C=O) groups is 2. The SMILES string of the molecule is CN(C(=O)OC(C)(C)C)C(C=O)c1csnn1. The minimum atomic E-state index is -0.761. The van der Waals surface area contributed by atoms with Crippen LogP contribution in [0.2, 0.25) is 0 Å². The third-order valence-corrected chi connectivity index (χ3v) is 2.43. The standard InChI is InChI=1S/C10H15N3O3S/c1-10(2,3)16-9(15)13(4)8(5-14)7-6-17-12-11-7/h5-6,8H,1-4H3. The van der Waals surface area contributed by atoms with Gasteiger partial charge in [0.05, 0.1) is 0 Å². The van der Waals surface area contributed by atoms with Gasteiger partial charge in [-0.15, -0.1) is 5.10 Å². The molecule has 1 heterocycles. The first-order chi connectivity index (χ1) is 7.85. The molecule has 1 amide bonds. The van der Waals surface area contributed by atoms with E-state index in [1.807, 2.05) is 0 Å². The van der Waals surface area contributed by atoms with Crippen molar-refractivity contribution in [2.75, 3.05) is 7.05 Å². The first-order valence-electron chi connectivity index (χ1n) is 5.03. The Morgan fingerprint density at radius 3 is 2.65 bits per heavy atom. The molecule has 1 unspecified atom stereocenters. The number of hydrogen-bond acceptors (Lipinski definition) is 6. The van der Waals surface area contributed by atoms with Gasteiger partial charge in [0.2, 0.25) is 0 Å². The zero-order chi connectivity index (χ0) is 13.1. The molecule has 0 saturated heterocycles. The molecular weight excluding hydrogens is 242 g/mol. The summed E-state index contributed by atoms with van der Waals surface area (Å²) in [7, 11) is 1.49. The smallest absolute Gasteiger partial charge is 0.410 e. The molecule has 6 nitrogen and oxygen atoms in total. The number of likely N-dealkylation sites (N-methyl/N-ethyl adjacent to an activating group) is 1. The molecule has 17 heavy (non-hydrogen) atoms. The molecule has 0 fully saturated rings. The molecule has 0 N–H and O–H groups in total. The van der Waals surface area contributed by atoms with Crippen molar-refractivity contribution >= 4 is 23.9 Å². The summed E-state index contributed by atoms with van der Waals surface area (Å²) in [5, 5.41) is 5.40. The molecule has 7 heteroatoms. The Morgan fingerprint density at radius 2 is 2.24 bits per heavy atom. The van der Waals surface area contributed by atoms with Gasteiger partial charge in [-0.3, -0.25) is 4.90 Å². The lowest BCUT2D eigenvalue weighted by atomic mass is 10.2. The Bertz CT molecular complexity index is 386. The van der Waals surface area contributed by atoms with Crippen molar-refractivity contribution in [1.29, 1.82) is 0 Å². The summed E-state index contributed by atoms with van der Waals surface area (Å²) in [6, 6.07) is -0.761. The topological polar surface area (TPSA) is 72.4 Å². The van der Waals surface area contributed by atoms with Crippen LogP contribution < -0.4 is 0 Å². The third-order valence-electron chi connectivity index (χ3n) is 1.91. The molecule has 1 aromatic rings. The average molecular weight is 257 g/mol. The lowest BCUT2D eigenvalue weighted by molar-refractivity contribution is -0.112. The van der Waals surface area contributed by atoms with E-state index in [0.717, 1.165) is 11.5 Å². The first-order valence-corrected chi connectivity index (χ1v) is 5.87. The Kier molecular flexibility index (Phi) is 4.17. The van der Waals surface area contributed by atoms with Gasteiger partial charge in [-0.05, 0) is 32.3 Å². The second-order valence-corrected chi connectivity index (χ2v) is 5.11. The summed E-state index contributed by atoms with van der Waals surface area (Å²) in [6.45, 7) is 5.29. The van der Waals surface area contributed by atoms with E-state index in [0.29, 0.717) is 12.0 Å². The molecule has 94 valence electrons. The predicted octanol–water partition coefficient (Wildman–Crippen LogP) is 1.65. The van der Waals surface area contributed by atoms with Crippen molar-refractivity contribution in [3.63, 3.8) is 0 Å². The van der Waals surface area contributed by atoms with Crippen LogP contribution in [0, 0.1) is 0 Å². The fourth-order valence-corrected chi connectivity index (χ4v) is 1.59. The molecule has 0 aromatic carbocycles. The van der Waals surface area contributed by atoms with Crippen LogP contribution in [0.5, 0.6) is 0 Å². The zero-order valence-electron chi connectivity index (χ0n) is 10.2. The minimum Gasteiger partial charge on any atom is -0.444 e. The fraction of sp³-hybridized carbons (Fsp3) is 0.600. The summed E-state index contributed by atoms with van der Waals surface area (Å²) in [5.74, 6) is 0. The van der Waals surface area contributed by atoms with E-state index < -0.39 is 17.7 Å². The van der Waals surface area contributed by atoms with Crippen LogP contribution in [0.1, 0.15) is 32.5 Å². The Morgan fingerprint density at radius 1 is 1.59 bits per heavy atom. The molecule has 0 bridgehead atoms. The lowest BCUT2D eigenvalue weighted by Gasteiger charge is -2.26. The van der Waals surface area contributed by atoms with E-state index in [2.05, 4.69) is 9.59 Å². The first kappa shape index (κ1) is 13.6. The molecule has 1 aromatic heterocycles. The maximum absolute atomic E-state index is 11.8. The largest absolute Gasteiger partial charge is 0.444 e. The van der Waals surface area contributed by atoms with Crippen LogP contribution >= 0.6 is 11.5 Å². The number of aromatic nitrogens is 2. The summed E-state index contributed by atoms with van der Waals surface area (Å²) < 4.78 is 8.83. The normalized spacial score (nSPS) is 12.9. The van der Waals surface area contributed by atoms with Crippen LogP contribution in [0.25, 0.3) is 0 Å². The van der Waals surface area contributed by atoms with Gasteiger partial charge >= 0.3 is 6.09 Å².